The second-order valence-corrected chi connectivity index (χ2v) is 4.59. The van der Waals surface area contributed by atoms with Crippen LogP contribution in [0.25, 0.3) is 10.4 Å². The first-order chi connectivity index (χ1) is 10.1. The van der Waals surface area contributed by atoms with Gasteiger partial charge in [-0.1, -0.05) is 16.7 Å². The number of azide groups is 1. The molecule has 1 aromatic carbocycles. The van der Waals surface area contributed by atoms with Crippen LogP contribution in [0, 0.1) is 5.82 Å². The Hall–Kier alpha value is -1.82. The number of benzene rings is 1. The van der Waals surface area contributed by atoms with Gasteiger partial charge in [0.15, 0.2) is 0 Å². The van der Waals surface area contributed by atoms with Gasteiger partial charge in [0, 0.05) is 16.5 Å². The highest BCUT2D eigenvalue weighted by Crippen LogP contribution is 2.21. The molecule has 6 nitrogen and oxygen atoms in total. The van der Waals surface area contributed by atoms with E-state index in [1.54, 1.807) is 6.92 Å². The molecule has 1 atom stereocenters. The van der Waals surface area contributed by atoms with Crippen molar-refractivity contribution in [2.24, 2.45) is 5.11 Å². The van der Waals surface area contributed by atoms with Crippen LogP contribution in [0.15, 0.2) is 23.3 Å². The average Bonchev–Trinajstić information content (AvgIpc) is 2.41. The van der Waals surface area contributed by atoms with Crippen molar-refractivity contribution < 1.29 is 13.9 Å². The van der Waals surface area contributed by atoms with E-state index < -0.39 is 17.8 Å². The van der Waals surface area contributed by atoms with E-state index in [9.17, 15) is 9.18 Å². The molecule has 8 heteroatoms. The van der Waals surface area contributed by atoms with Gasteiger partial charge in [0.05, 0.1) is 6.61 Å². The van der Waals surface area contributed by atoms with Crippen molar-refractivity contribution in [3.05, 3.63) is 45.0 Å². The summed E-state index contributed by atoms with van der Waals surface area (Å²) in [5.74, 6) is -1.04. The minimum Gasteiger partial charge on any atom is -0.465 e. The van der Waals surface area contributed by atoms with Crippen LogP contribution in [0.4, 0.5) is 4.39 Å². The van der Waals surface area contributed by atoms with Gasteiger partial charge < -0.3 is 10.1 Å². The fourth-order valence-corrected chi connectivity index (χ4v) is 1.98. The lowest BCUT2D eigenvalue weighted by molar-refractivity contribution is -0.145. The van der Waals surface area contributed by atoms with Crippen LogP contribution in [0.1, 0.15) is 24.9 Å². The Bertz CT molecular complexity index is 515. The summed E-state index contributed by atoms with van der Waals surface area (Å²) in [5, 5.41) is 6.55. The predicted octanol–water partition coefficient (Wildman–Crippen LogP) is 3.37. The molecule has 0 saturated carbocycles. The van der Waals surface area contributed by atoms with Gasteiger partial charge in [0.25, 0.3) is 0 Å². The van der Waals surface area contributed by atoms with E-state index in [-0.39, 0.29) is 11.6 Å². The van der Waals surface area contributed by atoms with E-state index in [1.807, 2.05) is 0 Å². The van der Waals surface area contributed by atoms with E-state index in [4.69, 9.17) is 21.9 Å². The van der Waals surface area contributed by atoms with Gasteiger partial charge in [0.2, 0.25) is 0 Å². The number of nitrogens with one attached hydrogen (secondary N) is 1. The van der Waals surface area contributed by atoms with E-state index in [0.717, 1.165) is 6.07 Å². The summed E-state index contributed by atoms with van der Waals surface area (Å²) in [6.07, 6.45) is 0.545. The fourth-order valence-electron chi connectivity index (χ4n) is 1.75. The van der Waals surface area contributed by atoms with Gasteiger partial charge in [-0.05, 0) is 49.2 Å². The number of hydrogen-bond acceptors (Lipinski definition) is 4. The molecule has 1 N–H and O–H groups in total. The monoisotopic (exact) mass is 314 g/mol. The highest BCUT2D eigenvalue weighted by Gasteiger charge is 2.22. The smallest absolute Gasteiger partial charge is 0.327 e. The molecule has 0 fully saturated rings. The number of ether oxygens (including phenoxy) is 1. The number of hydrogen-bond donors (Lipinski definition) is 1. The Morgan fingerprint density at radius 3 is 2.95 bits per heavy atom. The fraction of sp³-hybridized carbons (Fsp3) is 0.462. The Morgan fingerprint density at radius 1 is 1.57 bits per heavy atom. The SMILES string of the molecule is CCOC(=O)C(NCCCN=[N+]=[N-])c1cc(F)cc(Cl)c1. The molecule has 0 aliphatic heterocycles. The zero-order valence-electron chi connectivity index (χ0n) is 11.6. The summed E-state index contributed by atoms with van der Waals surface area (Å²) in [6, 6.07) is 3.08. The van der Waals surface area contributed by atoms with Crippen LogP contribution >= 0.6 is 11.6 Å². The quantitative estimate of drug-likeness (QED) is 0.262. The molecule has 0 aromatic heterocycles. The van der Waals surface area contributed by atoms with Gasteiger partial charge in [-0.25, -0.2) is 9.18 Å². The number of esters is 1. The molecule has 1 rings (SSSR count). The van der Waals surface area contributed by atoms with Crippen molar-refractivity contribution >= 4 is 17.6 Å². The highest BCUT2D eigenvalue weighted by atomic mass is 35.5. The summed E-state index contributed by atoms with van der Waals surface area (Å²) in [4.78, 5) is 14.6. The molecule has 0 heterocycles. The zero-order chi connectivity index (χ0) is 15.7. The highest BCUT2D eigenvalue weighted by molar-refractivity contribution is 6.30. The third kappa shape index (κ3) is 5.99. The summed E-state index contributed by atoms with van der Waals surface area (Å²) >= 11 is 5.80. The lowest BCUT2D eigenvalue weighted by atomic mass is 10.1. The number of halogens is 2. The Morgan fingerprint density at radius 2 is 2.33 bits per heavy atom. The Kier molecular flexibility index (Phi) is 7.53. The second kappa shape index (κ2) is 9.18. The number of nitrogens with zero attached hydrogens (tertiary/aromatic N) is 3. The van der Waals surface area contributed by atoms with Crippen molar-refractivity contribution in [2.75, 3.05) is 19.7 Å². The predicted molar refractivity (Wildman–Crippen MR) is 77.4 cm³/mol. The van der Waals surface area contributed by atoms with Crippen LogP contribution < -0.4 is 5.32 Å². The Balaban J connectivity index is 2.80. The second-order valence-electron chi connectivity index (χ2n) is 4.15. The number of carbonyl (C=O) groups excluding carboxylic acids is 1. The van der Waals surface area contributed by atoms with E-state index in [2.05, 4.69) is 15.3 Å². The number of rotatable bonds is 8. The van der Waals surface area contributed by atoms with Crippen LogP contribution in [0.3, 0.4) is 0 Å². The molecule has 114 valence electrons. The average molecular weight is 315 g/mol. The molecule has 0 aliphatic carbocycles. The molecule has 0 bridgehead atoms. The van der Waals surface area contributed by atoms with Gasteiger partial charge in [-0.15, -0.1) is 0 Å². The molecule has 0 spiro atoms. The first-order valence-corrected chi connectivity index (χ1v) is 6.83. The van der Waals surface area contributed by atoms with Crippen molar-refractivity contribution in [3.8, 4) is 0 Å². The zero-order valence-corrected chi connectivity index (χ0v) is 12.3. The van der Waals surface area contributed by atoms with Crippen LogP contribution in [-0.4, -0.2) is 25.7 Å². The Labute approximate surface area is 126 Å². The molecular formula is C13H16ClFN4O2. The molecular weight excluding hydrogens is 299 g/mol. The van der Waals surface area contributed by atoms with Crippen LogP contribution in [0.2, 0.25) is 5.02 Å². The van der Waals surface area contributed by atoms with Crippen molar-refractivity contribution in [2.45, 2.75) is 19.4 Å². The maximum Gasteiger partial charge on any atom is 0.327 e. The molecule has 0 aliphatic rings. The number of carbonyl (C=O) groups is 1. The molecule has 21 heavy (non-hydrogen) atoms. The maximum atomic E-state index is 13.4. The standard InChI is InChI=1S/C13H16ClFN4O2/c1-2-21-13(20)12(17-4-3-5-18-19-16)9-6-10(14)8-11(15)7-9/h6-8,12,17H,2-5H2,1H3. The topological polar surface area (TPSA) is 87.1 Å². The van der Waals surface area contributed by atoms with Gasteiger partial charge in [0.1, 0.15) is 11.9 Å². The first kappa shape index (κ1) is 17.2. The minimum atomic E-state index is -0.816. The largest absolute Gasteiger partial charge is 0.465 e. The van der Waals surface area contributed by atoms with Gasteiger partial charge >= 0.3 is 5.97 Å². The first-order valence-electron chi connectivity index (χ1n) is 6.45. The minimum absolute atomic E-state index is 0.204. The van der Waals surface area contributed by atoms with E-state index in [0.29, 0.717) is 25.1 Å². The summed E-state index contributed by atoms with van der Waals surface area (Å²) < 4.78 is 18.4. The van der Waals surface area contributed by atoms with E-state index >= 15 is 0 Å². The van der Waals surface area contributed by atoms with Crippen molar-refractivity contribution in [1.82, 2.24) is 5.32 Å². The van der Waals surface area contributed by atoms with Crippen LogP contribution in [0.5, 0.6) is 0 Å². The van der Waals surface area contributed by atoms with Gasteiger partial charge in [-0.2, -0.15) is 0 Å². The lowest BCUT2D eigenvalue weighted by Gasteiger charge is -2.18. The molecule has 1 unspecified atom stereocenters. The maximum absolute atomic E-state index is 13.4. The summed E-state index contributed by atoms with van der Waals surface area (Å²) in [5.41, 5.74) is 8.57. The van der Waals surface area contributed by atoms with Gasteiger partial charge in [-0.3, -0.25) is 0 Å². The molecule has 0 radical (unpaired) electrons. The third-order valence-electron chi connectivity index (χ3n) is 2.59. The van der Waals surface area contributed by atoms with Crippen LogP contribution in [-0.2, 0) is 9.53 Å². The van der Waals surface area contributed by atoms with Crippen molar-refractivity contribution in [3.63, 3.8) is 0 Å². The molecule has 0 saturated heterocycles. The third-order valence-corrected chi connectivity index (χ3v) is 2.81. The van der Waals surface area contributed by atoms with Crippen molar-refractivity contribution in [1.29, 1.82) is 0 Å². The normalized spacial score (nSPS) is 11.6. The summed E-state index contributed by atoms with van der Waals surface area (Å²) in [7, 11) is 0. The van der Waals surface area contributed by atoms with E-state index in [1.165, 1.54) is 12.1 Å². The molecule has 0 amide bonds. The lowest BCUT2D eigenvalue weighted by Crippen LogP contribution is -2.31. The molecule has 1 aromatic rings. The summed E-state index contributed by atoms with van der Waals surface area (Å²) in [6.45, 7) is 2.63.